The summed E-state index contributed by atoms with van der Waals surface area (Å²) in [6, 6.07) is 0. The van der Waals surface area contributed by atoms with E-state index in [1.165, 1.54) is 129 Å². The Bertz CT molecular complexity index is 337. The van der Waals surface area contributed by atoms with E-state index < -0.39 is 5.97 Å². The van der Waals surface area contributed by atoms with Crippen molar-refractivity contribution in [3.05, 3.63) is 0 Å². The summed E-state index contributed by atoms with van der Waals surface area (Å²) in [6.07, 6.45) is 28.4. The van der Waals surface area contributed by atoms with Crippen LogP contribution in [0.25, 0.3) is 0 Å². The molecule has 0 aromatic heterocycles. The average Bonchev–Trinajstić information content (AvgIpc) is 2.75. The molecule has 0 rings (SSSR count). The summed E-state index contributed by atoms with van der Waals surface area (Å²) in [5.74, 6) is -0.652. The molecule has 1 N–H and O–H groups in total. The van der Waals surface area contributed by atoms with Gasteiger partial charge >= 0.3 is 5.97 Å². The van der Waals surface area contributed by atoms with Gasteiger partial charge in [0.15, 0.2) is 0 Å². The second kappa shape index (κ2) is 25.7. The molecule has 3 heteroatoms. The first-order valence-electron chi connectivity index (χ1n) is 14.1. The van der Waals surface area contributed by atoms with Crippen LogP contribution in [0.4, 0.5) is 0 Å². The van der Waals surface area contributed by atoms with Crippen molar-refractivity contribution < 1.29 is 9.90 Å². The summed E-state index contributed by atoms with van der Waals surface area (Å²) in [5, 5.41) is 8.81. The molecule has 0 aliphatic heterocycles. The smallest absolute Gasteiger partial charge is 0.303 e. The van der Waals surface area contributed by atoms with Crippen LogP contribution in [0.3, 0.4) is 0 Å². The SMILES string of the molecule is CCCCCCCCCCCN(CCCCCCCCCCC)CCCCCC(=O)O. The molecular formula is C28H57NO2. The van der Waals surface area contributed by atoms with Crippen molar-refractivity contribution in [2.75, 3.05) is 19.6 Å². The van der Waals surface area contributed by atoms with Gasteiger partial charge in [-0.05, 0) is 45.3 Å². The lowest BCUT2D eigenvalue weighted by molar-refractivity contribution is -0.137. The van der Waals surface area contributed by atoms with Crippen molar-refractivity contribution >= 4 is 5.97 Å². The van der Waals surface area contributed by atoms with Crippen molar-refractivity contribution in [1.82, 2.24) is 4.90 Å². The van der Waals surface area contributed by atoms with E-state index in [4.69, 9.17) is 5.11 Å². The summed E-state index contributed by atoms with van der Waals surface area (Å²) >= 11 is 0. The van der Waals surface area contributed by atoms with Crippen LogP contribution >= 0.6 is 0 Å². The largest absolute Gasteiger partial charge is 0.481 e. The number of hydrogen-bond donors (Lipinski definition) is 1. The van der Waals surface area contributed by atoms with Gasteiger partial charge in [0.1, 0.15) is 0 Å². The van der Waals surface area contributed by atoms with Crippen LogP contribution in [0.2, 0.25) is 0 Å². The average molecular weight is 440 g/mol. The highest BCUT2D eigenvalue weighted by atomic mass is 16.4. The molecule has 0 unspecified atom stereocenters. The van der Waals surface area contributed by atoms with Crippen LogP contribution < -0.4 is 0 Å². The molecular weight excluding hydrogens is 382 g/mol. The summed E-state index contributed by atoms with van der Waals surface area (Å²) in [6.45, 7) is 8.21. The summed E-state index contributed by atoms with van der Waals surface area (Å²) in [4.78, 5) is 13.4. The molecule has 0 fully saturated rings. The lowest BCUT2D eigenvalue weighted by Gasteiger charge is -2.22. The van der Waals surface area contributed by atoms with Crippen LogP contribution in [0, 0.1) is 0 Å². The summed E-state index contributed by atoms with van der Waals surface area (Å²) in [7, 11) is 0. The standard InChI is InChI=1S/C28H57NO2/c1-3-5-7-9-11-13-15-17-21-25-29(27-23-19-20-24-28(30)31)26-22-18-16-14-12-10-8-6-4-2/h3-27H2,1-2H3,(H,30,31). The Labute approximate surface area is 195 Å². The third-order valence-electron chi connectivity index (χ3n) is 6.52. The third kappa shape index (κ3) is 25.6. The minimum Gasteiger partial charge on any atom is -0.481 e. The molecule has 3 nitrogen and oxygen atoms in total. The van der Waals surface area contributed by atoms with Gasteiger partial charge in [0.25, 0.3) is 0 Å². The highest BCUT2D eigenvalue weighted by molar-refractivity contribution is 5.66. The zero-order valence-corrected chi connectivity index (χ0v) is 21.5. The molecule has 31 heavy (non-hydrogen) atoms. The lowest BCUT2D eigenvalue weighted by Crippen LogP contribution is -2.27. The van der Waals surface area contributed by atoms with E-state index in [-0.39, 0.29) is 0 Å². The van der Waals surface area contributed by atoms with E-state index in [2.05, 4.69) is 18.7 Å². The number of carboxylic acids is 1. The lowest BCUT2D eigenvalue weighted by atomic mass is 10.1. The Balaban J connectivity index is 3.83. The molecule has 0 amide bonds. The second-order valence-electron chi connectivity index (χ2n) is 9.70. The molecule has 0 spiro atoms. The van der Waals surface area contributed by atoms with Crippen molar-refractivity contribution in [2.24, 2.45) is 0 Å². The van der Waals surface area contributed by atoms with E-state index in [1.807, 2.05) is 0 Å². The first-order chi connectivity index (χ1) is 15.2. The Morgan fingerprint density at radius 2 is 0.774 bits per heavy atom. The Kier molecular flexibility index (Phi) is 25.2. The number of unbranched alkanes of at least 4 members (excludes halogenated alkanes) is 18. The van der Waals surface area contributed by atoms with Crippen molar-refractivity contribution in [2.45, 2.75) is 155 Å². The van der Waals surface area contributed by atoms with Gasteiger partial charge in [0.05, 0.1) is 0 Å². The summed E-state index contributed by atoms with van der Waals surface area (Å²) < 4.78 is 0. The molecule has 0 aliphatic carbocycles. The highest BCUT2D eigenvalue weighted by Gasteiger charge is 2.05. The molecule has 186 valence electrons. The maximum atomic E-state index is 10.7. The Morgan fingerprint density at radius 1 is 0.484 bits per heavy atom. The number of hydrogen-bond acceptors (Lipinski definition) is 2. The fourth-order valence-corrected chi connectivity index (χ4v) is 4.42. The van der Waals surface area contributed by atoms with Crippen LogP contribution in [-0.2, 0) is 4.79 Å². The van der Waals surface area contributed by atoms with Crippen molar-refractivity contribution in [3.8, 4) is 0 Å². The fraction of sp³-hybridized carbons (Fsp3) is 0.964. The predicted molar refractivity (Wildman–Crippen MR) is 137 cm³/mol. The minimum absolute atomic E-state index is 0.330. The molecule has 0 bridgehead atoms. The zero-order chi connectivity index (χ0) is 22.8. The summed E-state index contributed by atoms with van der Waals surface area (Å²) in [5.41, 5.74) is 0. The van der Waals surface area contributed by atoms with Crippen molar-refractivity contribution in [1.29, 1.82) is 0 Å². The monoisotopic (exact) mass is 439 g/mol. The van der Waals surface area contributed by atoms with Crippen molar-refractivity contribution in [3.63, 3.8) is 0 Å². The normalized spacial score (nSPS) is 11.5. The first kappa shape index (κ1) is 30.4. The van der Waals surface area contributed by atoms with E-state index >= 15 is 0 Å². The Hall–Kier alpha value is -0.570. The molecule has 0 saturated heterocycles. The van der Waals surface area contributed by atoms with Crippen LogP contribution in [-0.4, -0.2) is 35.6 Å². The Morgan fingerprint density at radius 3 is 1.10 bits per heavy atom. The van der Waals surface area contributed by atoms with Gasteiger partial charge < -0.3 is 10.0 Å². The van der Waals surface area contributed by atoms with Gasteiger partial charge in [0.2, 0.25) is 0 Å². The number of rotatable bonds is 26. The molecule has 0 aromatic rings. The number of aliphatic carboxylic acids is 1. The van der Waals surface area contributed by atoms with Gasteiger partial charge in [-0.1, -0.05) is 123 Å². The molecule has 0 radical (unpaired) electrons. The van der Waals surface area contributed by atoms with Gasteiger partial charge in [0, 0.05) is 6.42 Å². The highest BCUT2D eigenvalue weighted by Crippen LogP contribution is 2.13. The van der Waals surface area contributed by atoms with Crippen LogP contribution in [0.15, 0.2) is 0 Å². The van der Waals surface area contributed by atoms with Crippen LogP contribution in [0.5, 0.6) is 0 Å². The molecule has 0 saturated carbocycles. The zero-order valence-electron chi connectivity index (χ0n) is 21.5. The van der Waals surface area contributed by atoms with E-state index in [9.17, 15) is 4.79 Å². The fourth-order valence-electron chi connectivity index (χ4n) is 4.42. The number of carbonyl (C=O) groups is 1. The maximum absolute atomic E-state index is 10.7. The molecule has 0 atom stereocenters. The predicted octanol–water partition coefficient (Wildman–Crippen LogP) is 9.00. The van der Waals surface area contributed by atoms with E-state index in [0.717, 1.165) is 25.8 Å². The van der Waals surface area contributed by atoms with Crippen LogP contribution in [0.1, 0.15) is 155 Å². The molecule has 0 heterocycles. The number of nitrogens with zero attached hydrogens (tertiary/aromatic N) is 1. The number of carboxylic acid groups (broad SMARTS) is 1. The van der Waals surface area contributed by atoms with Gasteiger partial charge in [-0.2, -0.15) is 0 Å². The van der Waals surface area contributed by atoms with E-state index in [0.29, 0.717) is 6.42 Å². The van der Waals surface area contributed by atoms with Gasteiger partial charge in [-0.15, -0.1) is 0 Å². The van der Waals surface area contributed by atoms with Gasteiger partial charge in [-0.25, -0.2) is 0 Å². The topological polar surface area (TPSA) is 40.5 Å². The third-order valence-corrected chi connectivity index (χ3v) is 6.52. The second-order valence-corrected chi connectivity index (χ2v) is 9.70. The molecule has 0 aromatic carbocycles. The van der Waals surface area contributed by atoms with E-state index in [1.54, 1.807) is 0 Å². The maximum Gasteiger partial charge on any atom is 0.303 e. The quantitative estimate of drug-likeness (QED) is 0.137. The first-order valence-corrected chi connectivity index (χ1v) is 14.1. The molecule has 0 aliphatic rings. The van der Waals surface area contributed by atoms with Gasteiger partial charge in [-0.3, -0.25) is 4.79 Å². The minimum atomic E-state index is -0.652.